The van der Waals surface area contributed by atoms with Gasteiger partial charge in [0.05, 0.1) is 10.6 Å². The fourth-order valence-corrected chi connectivity index (χ4v) is 2.86. The van der Waals surface area contributed by atoms with Gasteiger partial charge >= 0.3 is 6.61 Å². The van der Waals surface area contributed by atoms with Gasteiger partial charge in [-0.05, 0) is 25.0 Å². The van der Waals surface area contributed by atoms with Gasteiger partial charge in [-0.3, -0.25) is 4.79 Å². The number of carbonyl (C=O) groups excluding carboxylic acids is 1. The Hall–Kier alpha value is -0.860. The van der Waals surface area contributed by atoms with E-state index in [1.165, 1.54) is 12.1 Å². The molecule has 10 heteroatoms. The molecular weight excluding hydrogens is 389 g/mol. The van der Waals surface area contributed by atoms with Crippen LogP contribution in [0.5, 0.6) is 5.75 Å². The number of amides is 1. The van der Waals surface area contributed by atoms with Crippen LogP contribution in [-0.4, -0.2) is 31.3 Å². The molecule has 1 amide bonds. The molecule has 1 saturated heterocycles. The molecule has 0 bridgehead atoms. The second kappa shape index (κ2) is 9.01. The summed E-state index contributed by atoms with van der Waals surface area (Å²) < 4.78 is 34.6. The summed E-state index contributed by atoms with van der Waals surface area (Å²) in [5, 5.41) is 2.80. The molecule has 2 rings (SSSR count). The molecule has 1 aliphatic heterocycles. The Morgan fingerprint density at radius 3 is 2.58 bits per heavy atom. The highest BCUT2D eigenvalue weighted by molar-refractivity contribution is 6.35. The standard InChI is InChI=1S/C14H16Cl2F2N2O3.ClH/c15-9-5-8(11(10(16)6-9)23-13(17)18)7-20-12(21)14(19)1-3-22-4-2-14;/h5-6,13H,1-4,7,19H2,(H,20,21);1H. The van der Waals surface area contributed by atoms with Gasteiger partial charge in [-0.2, -0.15) is 8.78 Å². The molecule has 1 fully saturated rings. The Kier molecular flexibility index (Phi) is 7.95. The van der Waals surface area contributed by atoms with Crippen LogP contribution in [0, 0.1) is 0 Å². The van der Waals surface area contributed by atoms with E-state index in [1.54, 1.807) is 0 Å². The van der Waals surface area contributed by atoms with E-state index in [2.05, 4.69) is 10.1 Å². The molecule has 0 unspecified atom stereocenters. The maximum Gasteiger partial charge on any atom is 0.387 e. The summed E-state index contributed by atoms with van der Waals surface area (Å²) in [5.41, 5.74) is 5.25. The van der Waals surface area contributed by atoms with Crippen LogP contribution in [0.2, 0.25) is 10.0 Å². The summed E-state index contributed by atoms with van der Waals surface area (Å²) >= 11 is 11.7. The van der Waals surface area contributed by atoms with Crippen molar-refractivity contribution in [3.8, 4) is 5.75 Å². The van der Waals surface area contributed by atoms with Crippen LogP contribution in [0.4, 0.5) is 8.78 Å². The number of carbonyl (C=O) groups is 1. The molecule has 136 valence electrons. The van der Waals surface area contributed by atoms with Gasteiger partial charge in [-0.1, -0.05) is 23.2 Å². The molecule has 0 spiro atoms. The van der Waals surface area contributed by atoms with Gasteiger partial charge in [0, 0.05) is 30.3 Å². The number of nitrogens with one attached hydrogen (secondary N) is 1. The van der Waals surface area contributed by atoms with Crippen molar-refractivity contribution in [1.82, 2.24) is 5.32 Å². The first-order valence-electron chi connectivity index (χ1n) is 6.89. The van der Waals surface area contributed by atoms with E-state index in [4.69, 9.17) is 33.7 Å². The van der Waals surface area contributed by atoms with E-state index in [9.17, 15) is 13.6 Å². The van der Waals surface area contributed by atoms with Crippen molar-refractivity contribution in [2.45, 2.75) is 31.5 Å². The molecule has 0 aromatic heterocycles. The average molecular weight is 406 g/mol. The van der Waals surface area contributed by atoms with E-state index < -0.39 is 12.2 Å². The number of nitrogens with two attached hydrogens (primary N) is 1. The fourth-order valence-electron chi connectivity index (χ4n) is 2.28. The molecule has 3 N–H and O–H groups in total. The summed E-state index contributed by atoms with van der Waals surface area (Å²) in [7, 11) is 0. The van der Waals surface area contributed by atoms with E-state index in [1.807, 2.05) is 0 Å². The van der Waals surface area contributed by atoms with Crippen LogP contribution < -0.4 is 15.8 Å². The number of hydrogen-bond acceptors (Lipinski definition) is 4. The second-order valence-corrected chi connectivity index (χ2v) is 6.05. The molecule has 0 atom stereocenters. The summed E-state index contributed by atoms with van der Waals surface area (Å²) in [6, 6.07) is 2.69. The Morgan fingerprint density at radius 2 is 2.00 bits per heavy atom. The molecule has 5 nitrogen and oxygen atoms in total. The normalized spacial score (nSPS) is 16.4. The predicted octanol–water partition coefficient (Wildman–Crippen LogP) is 3.14. The maximum absolute atomic E-state index is 12.5. The van der Waals surface area contributed by atoms with Gasteiger partial charge in [0.25, 0.3) is 0 Å². The SMILES string of the molecule is Cl.NC1(C(=O)NCc2cc(Cl)cc(Cl)c2OC(F)F)CCOCC1. The minimum atomic E-state index is -3.04. The highest BCUT2D eigenvalue weighted by atomic mass is 35.5. The number of rotatable bonds is 5. The molecule has 1 aliphatic rings. The lowest BCUT2D eigenvalue weighted by Crippen LogP contribution is -2.56. The third-order valence-corrected chi connectivity index (χ3v) is 4.07. The topological polar surface area (TPSA) is 73.6 Å². The molecular formula is C14H17Cl3F2N2O3. The average Bonchev–Trinajstić information content (AvgIpc) is 2.48. The third kappa shape index (κ3) is 5.32. The number of alkyl halides is 2. The van der Waals surface area contributed by atoms with E-state index in [-0.39, 0.29) is 46.2 Å². The van der Waals surface area contributed by atoms with Crippen LogP contribution in [0.25, 0.3) is 0 Å². The van der Waals surface area contributed by atoms with E-state index in [0.29, 0.717) is 26.1 Å². The van der Waals surface area contributed by atoms with Crippen LogP contribution >= 0.6 is 35.6 Å². The van der Waals surface area contributed by atoms with Crippen LogP contribution in [0.3, 0.4) is 0 Å². The first-order chi connectivity index (χ1) is 10.8. The zero-order valence-electron chi connectivity index (χ0n) is 12.5. The first kappa shape index (κ1) is 21.2. The summed E-state index contributed by atoms with van der Waals surface area (Å²) in [6.45, 7) is -2.33. The molecule has 1 aromatic rings. The third-order valence-electron chi connectivity index (χ3n) is 3.57. The Balaban J connectivity index is 0.00000288. The lowest BCUT2D eigenvalue weighted by atomic mass is 9.90. The predicted molar refractivity (Wildman–Crippen MR) is 89.2 cm³/mol. The molecule has 0 saturated carbocycles. The number of benzene rings is 1. The number of hydrogen-bond donors (Lipinski definition) is 2. The molecule has 24 heavy (non-hydrogen) atoms. The number of halogens is 5. The van der Waals surface area contributed by atoms with Crippen molar-refractivity contribution < 1.29 is 23.0 Å². The van der Waals surface area contributed by atoms with Gasteiger partial charge in [-0.15, -0.1) is 12.4 Å². The fraction of sp³-hybridized carbons (Fsp3) is 0.500. The van der Waals surface area contributed by atoms with Crippen LogP contribution in [0.1, 0.15) is 18.4 Å². The van der Waals surface area contributed by atoms with Gasteiger partial charge < -0.3 is 20.5 Å². The van der Waals surface area contributed by atoms with E-state index in [0.717, 1.165) is 0 Å². The van der Waals surface area contributed by atoms with Crippen molar-refractivity contribution in [2.75, 3.05) is 13.2 Å². The Labute approximate surface area is 154 Å². The van der Waals surface area contributed by atoms with Gasteiger partial charge in [0.15, 0.2) is 0 Å². The molecule has 0 aliphatic carbocycles. The number of ether oxygens (including phenoxy) is 2. The molecule has 0 radical (unpaired) electrons. The maximum atomic E-state index is 12.5. The van der Waals surface area contributed by atoms with E-state index >= 15 is 0 Å². The van der Waals surface area contributed by atoms with Crippen molar-refractivity contribution in [2.24, 2.45) is 5.73 Å². The van der Waals surface area contributed by atoms with Crippen molar-refractivity contribution in [3.05, 3.63) is 27.7 Å². The monoisotopic (exact) mass is 404 g/mol. The van der Waals surface area contributed by atoms with Crippen LogP contribution in [0.15, 0.2) is 12.1 Å². The van der Waals surface area contributed by atoms with Crippen molar-refractivity contribution >= 4 is 41.5 Å². The summed E-state index contributed by atoms with van der Waals surface area (Å²) in [5.74, 6) is -0.607. The van der Waals surface area contributed by atoms with Gasteiger partial charge in [-0.25, -0.2) is 0 Å². The minimum Gasteiger partial charge on any atom is -0.433 e. The highest BCUT2D eigenvalue weighted by Crippen LogP contribution is 2.33. The molecule has 1 aromatic carbocycles. The lowest BCUT2D eigenvalue weighted by Gasteiger charge is -2.31. The quantitative estimate of drug-likeness (QED) is 0.789. The Bertz CT molecular complexity index is 585. The summed E-state index contributed by atoms with van der Waals surface area (Å²) in [4.78, 5) is 12.2. The van der Waals surface area contributed by atoms with Gasteiger partial charge in [0.2, 0.25) is 5.91 Å². The zero-order chi connectivity index (χ0) is 17.0. The lowest BCUT2D eigenvalue weighted by molar-refractivity contribution is -0.129. The van der Waals surface area contributed by atoms with Crippen molar-refractivity contribution in [1.29, 1.82) is 0 Å². The van der Waals surface area contributed by atoms with Crippen molar-refractivity contribution in [3.63, 3.8) is 0 Å². The van der Waals surface area contributed by atoms with Gasteiger partial charge in [0.1, 0.15) is 5.75 Å². The second-order valence-electron chi connectivity index (χ2n) is 5.21. The smallest absolute Gasteiger partial charge is 0.387 e. The highest BCUT2D eigenvalue weighted by Gasteiger charge is 2.35. The minimum absolute atomic E-state index is 0. The zero-order valence-corrected chi connectivity index (χ0v) is 14.8. The van der Waals surface area contributed by atoms with Crippen LogP contribution in [-0.2, 0) is 16.1 Å². The molecule has 1 heterocycles. The first-order valence-corrected chi connectivity index (χ1v) is 7.65. The Morgan fingerprint density at radius 1 is 1.38 bits per heavy atom. The largest absolute Gasteiger partial charge is 0.433 e. The summed E-state index contributed by atoms with van der Waals surface area (Å²) in [6.07, 6.45) is 0.769.